The Hall–Kier alpha value is -4.05. The molecule has 0 aliphatic heterocycles. The van der Waals surface area contributed by atoms with Gasteiger partial charge >= 0.3 is 0 Å². The molecule has 0 fully saturated rings. The third-order valence-electron chi connectivity index (χ3n) is 6.14. The minimum atomic E-state index is 0.880. The molecule has 0 saturated carbocycles. The molecule has 0 radical (unpaired) electrons. The zero-order chi connectivity index (χ0) is 19.7. The second kappa shape index (κ2) is 5.74. The Morgan fingerprint density at radius 2 is 1.43 bits per heavy atom. The summed E-state index contributed by atoms with van der Waals surface area (Å²) >= 11 is 0. The molecule has 0 unspecified atom stereocenters. The number of imidazole rings is 1. The van der Waals surface area contributed by atoms with E-state index in [4.69, 9.17) is 4.98 Å². The number of benzene rings is 3. The maximum absolute atomic E-state index is 5.01. The van der Waals surface area contributed by atoms with E-state index in [2.05, 4.69) is 69.5 Å². The molecule has 4 heteroatoms. The van der Waals surface area contributed by atoms with Crippen LogP contribution in [0.25, 0.3) is 55.4 Å². The maximum Gasteiger partial charge on any atom is 0.138 e. The van der Waals surface area contributed by atoms with Gasteiger partial charge in [-0.1, -0.05) is 36.4 Å². The Morgan fingerprint density at radius 1 is 0.667 bits per heavy atom. The Labute approximate surface area is 172 Å². The monoisotopic (exact) mass is 384 g/mol. The van der Waals surface area contributed by atoms with Gasteiger partial charge in [0.2, 0.25) is 0 Å². The van der Waals surface area contributed by atoms with Gasteiger partial charge in [-0.05, 0) is 59.0 Å². The first-order valence-electron chi connectivity index (χ1n) is 10.1. The van der Waals surface area contributed by atoms with E-state index in [0.29, 0.717) is 0 Å². The van der Waals surface area contributed by atoms with E-state index in [1.165, 1.54) is 22.3 Å². The van der Waals surface area contributed by atoms with E-state index in [1.54, 1.807) is 0 Å². The first-order chi connectivity index (χ1) is 14.9. The smallest absolute Gasteiger partial charge is 0.138 e. The number of pyridine rings is 2. The summed E-state index contributed by atoms with van der Waals surface area (Å²) in [6.45, 7) is 0. The van der Waals surface area contributed by atoms with Crippen molar-refractivity contribution in [3.63, 3.8) is 0 Å². The number of nitrogens with zero attached hydrogens (tertiary/aromatic N) is 3. The van der Waals surface area contributed by atoms with Crippen molar-refractivity contribution in [1.29, 1.82) is 0 Å². The highest BCUT2D eigenvalue weighted by atomic mass is 14.9. The lowest BCUT2D eigenvalue weighted by Gasteiger charge is -2.03. The highest BCUT2D eigenvalue weighted by Gasteiger charge is 2.20. The van der Waals surface area contributed by atoms with Gasteiger partial charge in [-0.3, -0.25) is 9.97 Å². The number of H-pyrrole nitrogens is 1. The summed E-state index contributed by atoms with van der Waals surface area (Å²) < 4.78 is 0. The molecule has 3 heterocycles. The summed E-state index contributed by atoms with van der Waals surface area (Å²) in [5.74, 6) is 0.880. The predicted octanol–water partition coefficient (Wildman–Crippen LogP) is 5.90. The first kappa shape index (κ1) is 15.8. The van der Waals surface area contributed by atoms with Crippen LogP contribution in [0.15, 0.2) is 79.1 Å². The van der Waals surface area contributed by atoms with Crippen molar-refractivity contribution in [3.05, 3.63) is 90.3 Å². The van der Waals surface area contributed by atoms with Crippen LogP contribution in [-0.4, -0.2) is 19.9 Å². The normalized spacial score (nSPS) is 12.5. The van der Waals surface area contributed by atoms with Crippen molar-refractivity contribution < 1.29 is 0 Å². The molecule has 140 valence electrons. The molecule has 1 N–H and O–H groups in total. The van der Waals surface area contributed by atoms with Crippen LogP contribution in [0.3, 0.4) is 0 Å². The van der Waals surface area contributed by atoms with Crippen LogP contribution in [0, 0.1) is 0 Å². The highest BCUT2D eigenvalue weighted by molar-refractivity contribution is 6.21. The minimum Gasteiger partial charge on any atom is -0.337 e. The standard InChI is InChI=1S/C26H16N4/c1-2-6-18-15(5-1)13-17-14-16(9-10-19(17)18)26-29-24-20-7-3-11-27-22(20)23-21(25(24)30-26)8-4-12-28-23/h1-12,14H,13H2,(H,29,30). The number of aromatic amines is 1. The fourth-order valence-electron chi connectivity index (χ4n) is 4.77. The molecule has 0 spiro atoms. The molecular formula is C26H16N4. The topological polar surface area (TPSA) is 54.5 Å². The highest BCUT2D eigenvalue weighted by Crippen LogP contribution is 2.39. The van der Waals surface area contributed by atoms with Crippen molar-refractivity contribution in [2.75, 3.05) is 0 Å². The molecule has 4 nitrogen and oxygen atoms in total. The zero-order valence-corrected chi connectivity index (χ0v) is 16.1. The number of rotatable bonds is 1. The first-order valence-corrected chi connectivity index (χ1v) is 10.1. The molecule has 0 bridgehead atoms. The van der Waals surface area contributed by atoms with Gasteiger partial charge in [-0.25, -0.2) is 4.98 Å². The van der Waals surface area contributed by atoms with E-state index < -0.39 is 0 Å². The quantitative estimate of drug-likeness (QED) is 0.359. The summed E-state index contributed by atoms with van der Waals surface area (Å²) in [6, 6.07) is 23.4. The number of hydrogen-bond donors (Lipinski definition) is 1. The van der Waals surface area contributed by atoms with Crippen molar-refractivity contribution in [2.45, 2.75) is 6.42 Å². The summed E-state index contributed by atoms with van der Waals surface area (Å²) in [4.78, 5) is 17.8. The van der Waals surface area contributed by atoms with E-state index in [-0.39, 0.29) is 0 Å². The largest absolute Gasteiger partial charge is 0.337 e. The molecule has 1 aliphatic carbocycles. The molecule has 7 rings (SSSR count). The summed E-state index contributed by atoms with van der Waals surface area (Å²) in [5.41, 5.74) is 10.3. The number of nitrogens with one attached hydrogen (secondary N) is 1. The minimum absolute atomic E-state index is 0.880. The molecule has 0 amide bonds. The SMILES string of the molecule is c1ccc2c(c1)Cc1cc(-c3nc4c5cccnc5c5ncccc5c4[nH]3)ccc1-2. The second-order valence-electron chi connectivity index (χ2n) is 7.81. The number of hydrogen-bond acceptors (Lipinski definition) is 3. The summed E-state index contributed by atoms with van der Waals surface area (Å²) in [7, 11) is 0. The van der Waals surface area contributed by atoms with Crippen molar-refractivity contribution in [3.8, 4) is 22.5 Å². The number of aromatic nitrogens is 4. The fraction of sp³-hybridized carbons (Fsp3) is 0.0385. The Balaban J connectivity index is 1.48. The van der Waals surface area contributed by atoms with Crippen LogP contribution in [0.1, 0.15) is 11.1 Å². The van der Waals surface area contributed by atoms with Gasteiger partial charge in [-0.15, -0.1) is 0 Å². The van der Waals surface area contributed by atoms with Crippen LogP contribution >= 0.6 is 0 Å². The fourth-order valence-corrected chi connectivity index (χ4v) is 4.77. The van der Waals surface area contributed by atoms with E-state index in [9.17, 15) is 0 Å². The molecule has 6 aromatic rings. The lowest BCUT2D eigenvalue weighted by Crippen LogP contribution is -1.86. The van der Waals surface area contributed by atoms with Crippen molar-refractivity contribution in [1.82, 2.24) is 19.9 Å². The van der Waals surface area contributed by atoms with Gasteiger partial charge < -0.3 is 4.98 Å². The van der Waals surface area contributed by atoms with E-state index >= 15 is 0 Å². The van der Waals surface area contributed by atoms with Crippen LogP contribution in [0.2, 0.25) is 0 Å². The van der Waals surface area contributed by atoms with Gasteiger partial charge in [-0.2, -0.15) is 0 Å². The van der Waals surface area contributed by atoms with Gasteiger partial charge in [0.25, 0.3) is 0 Å². The lowest BCUT2D eigenvalue weighted by molar-refractivity contribution is 1.25. The average molecular weight is 384 g/mol. The summed E-state index contributed by atoms with van der Waals surface area (Å²) in [5, 5.41) is 2.07. The lowest BCUT2D eigenvalue weighted by atomic mass is 10.0. The van der Waals surface area contributed by atoms with Crippen LogP contribution in [0.4, 0.5) is 0 Å². The van der Waals surface area contributed by atoms with Gasteiger partial charge in [0, 0.05) is 28.7 Å². The van der Waals surface area contributed by atoms with Gasteiger partial charge in [0.05, 0.1) is 22.1 Å². The maximum atomic E-state index is 5.01. The van der Waals surface area contributed by atoms with Gasteiger partial charge in [0.15, 0.2) is 0 Å². The van der Waals surface area contributed by atoms with Crippen molar-refractivity contribution in [2.24, 2.45) is 0 Å². The third-order valence-corrected chi connectivity index (χ3v) is 6.14. The molecule has 3 aromatic heterocycles. The Morgan fingerprint density at radius 3 is 2.33 bits per heavy atom. The third kappa shape index (κ3) is 2.08. The molecule has 0 atom stereocenters. The zero-order valence-electron chi connectivity index (χ0n) is 16.1. The van der Waals surface area contributed by atoms with Crippen LogP contribution in [0.5, 0.6) is 0 Å². The van der Waals surface area contributed by atoms with Crippen LogP contribution in [-0.2, 0) is 6.42 Å². The summed E-state index contributed by atoms with van der Waals surface area (Å²) in [6.07, 6.45) is 4.60. The molecule has 3 aromatic carbocycles. The average Bonchev–Trinajstić information content (AvgIpc) is 3.41. The van der Waals surface area contributed by atoms with Gasteiger partial charge in [0.1, 0.15) is 5.82 Å². The second-order valence-corrected chi connectivity index (χ2v) is 7.81. The number of fused-ring (bicyclic) bond motifs is 9. The molecule has 30 heavy (non-hydrogen) atoms. The molecular weight excluding hydrogens is 368 g/mol. The molecule has 0 saturated heterocycles. The van der Waals surface area contributed by atoms with E-state index in [0.717, 1.165) is 50.6 Å². The van der Waals surface area contributed by atoms with Crippen LogP contribution < -0.4 is 0 Å². The molecule has 1 aliphatic rings. The van der Waals surface area contributed by atoms with E-state index in [1.807, 2.05) is 24.5 Å². The predicted molar refractivity (Wildman–Crippen MR) is 120 cm³/mol. The van der Waals surface area contributed by atoms with Crippen molar-refractivity contribution >= 4 is 32.8 Å². The Bertz CT molecular complexity index is 1550. The Kier molecular flexibility index (Phi) is 3.03.